The molecule has 1 aromatic heterocycles. The fraction of sp³-hybridized carbons (Fsp3) is 0.556. The first-order valence-corrected chi connectivity index (χ1v) is 11.7. The van der Waals surface area contributed by atoms with Crippen molar-refractivity contribution in [3.05, 3.63) is 33.1 Å². The second-order valence-corrected chi connectivity index (χ2v) is 9.82. The van der Waals surface area contributed by atoms with Crippen molar-refractivity contribution < 1.29 is 150 Å². The Bertz CT molecular complexity index is 1010. The van der Waals surface area contributed by atoms with Crippen LogP contribution in [-0.2, 0) is 31.6 Å². The van der Waals surface area contributed by atoms with E-state index in [1.165, 1.54) is 0 Å². The van der Waals surface area contributed by atoms with Gasteiger partial charge in [-0.1, -0.05) is 6.10 Å². The second kappa shape index (κ2) is 14.1. The van der Waals surface area contributed by atoms with Gasteiger partial charge < -0.3 is 34.5 Å². The Balaban J connectivity index is 0. The molecular formula is C9H13N2Na3O15P3+. The largest absolute Gasteiger partial charge is 1.00 e. The molecule has 0 aromatic carbocycles. The van der Waals surface area contributed by atoms with E-state index in [4.69, 9.17) is 19.4 Å². The van der Waals surface area contributed by atoms with Gasteiger partial charge in [-0.05, 0) is 0 Å². The molecule has 0 aliphatic carbocycles. The zero-order valence-corrected chi connectivity index (χ0v) is 25.4. The van der Waals surface area contributed by atoms with Crippen molar-refractivity contribution in [3.8, 4) is 0 Å². The number of nitrogens with zero attached hydrogens (tertiary/aromatic N) is 1. The monoisotopic (exact) mass is 551 g/mol. The van der Waals surface area contributed by atoms with Gasteiger partial charge in [0.1, 0.15) is 6.23 Å². The van der Waals surface area contributed by atoms with E-state index in [-0.39, 0.29) is 88.7 Å². The van der Waals surface area contributed by atoms with Crippen LogP contribution < -0.4 is 110 Å². The first kappa shape index (κ1) is 36.1. The zero-order chi connectivity index (χ0) is 22.2. The van der Waals surface area contributed by atoms with Gasteiger partial charge in [-0.15, -0.1) is 6.10 Å². The minimum atomic E-state index is -5.76. The third-order valence-corrected chi connectivity index (χ3v) is 7.03. The fourth-order valence-electron chi connectivity index (χ4n) is 2.16. The van der Waals surface area contributed by atoms with Crippen LogP contribution in [0.3, 0.4) is 0 Å². The Morgan fingerprint density at radius 2 is 1.56 bits per heavy atom. The van der Waals surface area contributed by atoms with Crippen LogP contribution in [0.1, 0.15) is 6.23 Å². The SMILES string of the molecule is O=c1ccn(C2OC(COP(=O)(O)OP(=O)(O)OP(=O)(O)O)C([O-])C2[O-])c(=O)[nH]1.[Na+].[Na+].[Na+]. The van der Waals surface area contributed by atoms with Crippen LogP contribution in [0.25, 0.3) is 0 Å². The third-order valence-electron chi connectivity index (χ3n) is 3.23. The van der Waals surface area contributed by atoms with Crippen LogP contribution >= 0.6 is 23.5 Å². The number of hydrogen-bond donors (Lipinski definition) is 5. The molecule has 0 spiro atoms. The number of rotatable bonds is 8. The molecule has 1 aliphatic rings. The number of aromatic amines is 1. The van der Waals surface area contributed by atoms with E-state index < -0.39 is 65.9 Å². The number of hydrogen-bond acceptors (Lipinski definition) is 11. The maximum Gasteiger partial charge on any atom is 1.00 e. The molecule has 6 atom stereocenters. The molecular weight excluding hydrogens is 538 g/mol. The van der Waals surface area contributed by atoms with Crippen molar-refractivity contribution >= 4 is 23.5 Å². The Morgan fingerprint density at radius 1 is 1.00 bits per heavy atom. The van der Waals surface area contributed by atoms with Gasteiger partial charge in [0.2, 0.25) is 0 Å². The Kier molecular flexibility index (Phi) is 15.9. The molecule has 5 N–H and O–H groups in total. The van der Waals surface area contributed by atoms with E-state index in [1.807, 2.05) is 4.98 Å². The molecule has 17 nitrogen and oxygen atoms in total. The van der Waals surface area contributed by atoms with Crippen molar-refractivity contribution in [2.75, 3.05) is 6.61 Å². The van der Waals surface area contributed by atoms with Gasteiger partial charge in [0, 0.05) is 12.3 Å². The number of H-pyrrole nitrogens is 1. The van der Waals surface area contributed by atoms with Crippen molar-refractivity contribution in [2.24, 2.45) is 0 Å². The summed E-state index contributed by atoms with van der Waals surface area (Å²) in [5, 5.41) is 24.0. The van der Waals surface area contributed by atoms with E-state index >= 15 is 0 Å². The number of aromatic nitrogens is 2. The Labute approximate surface area is 244 Å². The minimum Gasteiger partial charge on any atom is -0.851 e. The third kappa shape index (κ3) is 10.9. The molecule has 1 aliphatic heterocycles. The number of ether oxygens (including phenoxy) is 1. The predicted octanol–water partition coefficient (Wildman–Crippen LogP) is -12.8. The van der Waals surface area contributed by atoms with E-state index in [2.05, 4.69) is 13.1 Å². The summed E-state index contributed by atoms with van der Waals surface area (Å²) in [5.74, 6) is 0. The van der Waals surface area contributed by atoms with Crippen LogP contribution in [0, 0.1) is 0 Å². The van der Waals surface area contributed by atoms with Crippen molar-refractivity contribution in [1.82, 2.24) is 9.55 Å². The second-order valence-electron chi connectivity index (χ2n) is 5.40. The summed E-state index contributed by atoms with van der Waals surface area (Å²) in [6, 6.07) is 0.872. The molecule has 0 amide bonds. The molecule has 0 saturated carbocycles. The molecule has 6 unspecified atom stereocenters. The molecule has 0 bridgehead atoms. The summed E-state index contributed by atoms with van der Waals surface area (Å²) in [5.41, 5.74) is -1.85. The maximum atomic E-state index is 12.0. The maximum absolute atomic E-state index is 12.0. The molecule has 2 rings (SSSR count). The average molecular weight is 551 g/mol. The van der Waals surface area contributed by atoms with Gasteiger partial charge in [0.15, 0.2) is 0 Å². The first-order chi connectivity index (χ1) is 13.1. The van der Waals surface area contributed by atoms with Gasteiger partial charge in [-0.3, -0.25) is 18.9 Å². The van der Waals surface area contributed by atoms with Crippen LogP contribution in [-0.4, -0.2) is 54.0 Å². The molecule has 23 heteroatoms. The topological polar surface area (TPSA) is 270 Å². The van der Waals surface area contributed by atoms with E-state index in [0.717, 1.165) is 12.3 Å². The van der Waals surface area contributed by atoms with Crippen molar-refractivity contribution in [3.63, 3.8) is 0 Å². The zero-order valence-electron chi connectivity index (χ0n) is 16.7. The predicted molar refractivity (Wildman–Crippen MR) is 82.6 cm³/mol. The van der Waals surface area contributed by atoms with Gasteiger partial charge in [-0.2, -0.15) is 8.62 Å². The van der Waals surface area contributed by atoms with Gasteiger partial charge in [-0.25, -0.2) is 18.5 Å². The smallest absolute Gasteiger partial charge is 0.851 e. The van der Waals surface area contributed by atoms with E-state index in [0.29, 0.717) is 4.57 Å². The van der Waals surface area contributed by atoms with Gasteiger partial charge >= 0.3 is 118 Å². The summed E-state index contributed by atoms with van der Waals surface area (Å²) in [6.07, 6.45) is -6.84. The number of phosphoric acid groups is 3. The molecule has 2 heterocycles. The molecule has 1 aromatic rings. The van der Waals surface area contributed by atoms with Gasteiger partial charge in [0.05, 0.1) is 12.7 Å². The number of nitrogens with one attached hydrogen (secondary N) is 1. The molecule has 0 radical (unpaired) electrons. The van der Waals surface area contributed by atoms with E-state index in [1.54, 1.807) is 0 Å². The standard InChI is InChI=1S/C9H13N2O15P3.3Na/c12-5-1-2-11(9(15)10-5)8-7(14)6(13)4(24-8)3-23-28(19,20)26-29(21,22)25-27(16,17)18;;;/h1-2,4,6-8H,3H2,(H,19,20)(H,21,22)(H,10,12,15)(H2,16,17,18);;;/q-2;3*+1. The molecule has 166 valence electrons. The molecule has 32 heavy (non-hydrogen) atoms. The summed E-state index contributed by atoms with van der Waals surface area (Å²) in [4.78, 5) is 59.7. The molecule has 1 fully saturated rings. The summed E-state index contributed by atoms with van der Waals surface area (Å²) < 4.78 is 50.2. The summed E-state index contributed by atoms with van der Waals surface area (Å²) in [6.45, 7) is -1.15. The van der Waals surface area contributed by atoms with Crippen molar-refractivity contribution in [2.45, 2.75) is 24.5 Å². The first-order valence-electron chi connectivity index (χ1n) is 7.17. The Morgan fingerprint density at radius 3 is 2.06 bits per heavy atom. The van der Waals surface area contributed by atoms with Crippen LogP contribution in [0.5, 0.6) is 0 Å². The van der Waals surface area contributed by atoms with Crippen LogP contribution in [0.15, 0.2) is 21.9 Å². The average Bonchev–Trinajstić information content (AvgIpc) is 2.78. The summed E-state index contributed by atoms with van der Waals surface area (Å²) >= 11 is 0. The quantitative estimate of drug-likeness (QED) is 0.148. The van der Waals surface area contributed by atoms with Crippen LogP contribution in [0.4, 0.5) is 0 Å². The van der Waals surface area contributed by atoms with E-state index in [9.17, 15) is 38.4 Å². The number of phosphoric ester groups is 1. The summed E-state index contributed by atoms with van der Waals surface area (Å²) in [7, 11) is -16.9. The van der Waals surface area contributed by atoms with Crippen molar-refractivity contribution in [1.29, 1.82) is 0 Å². The van der Waals surface area contributed by atoms with Gasteiger partial charge in [0.25, 0.3) is 5.56 Å². The Hall–Kier alpha value is 1.97. The molecule has 1 saturated heterocycles. The fourth-order valence-corrected chi connectivity index (χ4v) is 5.19. The normalized spacial score (nSPS) is 26.6. The van der Waals surface area contributed by atoms with Crippen LogP contribution in [0.2, 0.25) is 0 Å². The minimum absolute atomic E-state index is 0.